The molecule has 7 nitrogen and oxygen atoms in total. The number of nitro benzene ring substituents is 1. The van der Waals surface area contributed by atoms with Gasteiger partial charge in [-0.25, -0.2) is 0 Å². The number of hydrogen-bond donors (Lipinski definition) is 1. The third kappa shape index (κ3) is 4.94. The summed E-state index contributed by atoms with van der Waals surface area (Å²) in [5, 5.41) is 14.3. The van der Waals surface area contributed by atoms with E-state index in [1.807, 2.05) is 25.1 Å². The number of carbonyl (C=O) groups excluding carboxylic acids is 1. The van der Waals surface area contributed by atoms with Gasteiger partial charge in [0.25, 0.3) is 5.69 Å². The third-order valence-electron chi connectivity index (χ3n) is 5.20. The van der Waals surface area contributed by atoms with Crippen molar-refractivity contribution in [3.63, 3.8) is 0 Å². The van der Waals surface area contributed by atoms with Gasteiger partial charge in [-0.3, -0.25) is 14.9 Å². The summed E-state index contributed by atoms with van der Waals surface area (Å²) in [5.74, 6) is 0.537. The highest BCUT2D eigenvalue weighted by molar-refractivity contribution is 5.79. The fourth-order valence-electron chi connectivity index (χ4n) is 3.63. The Labute approximate surface area is 155 Å². The molecule has 1 amide bonds. The van der Waals surface area contributed by atoms with Crippen LogP contribution in [0.5, 0.6) is 0 Å². The lowest BCUT2D eigenvalue weighted by Crippen LogP contribution is -2.46. The number of nitrogens with one attached hydrogen (secondary N) is 1. The standard InChI is InChI=1S/C19H30N4O3/c1-14(2)18(21(3)4)13-20-19(24)15-9-11-22(12-10-15)16-7-5-6-8-17(16)23(25)26/h5-8,14-15,18H,9-13H2,1-4H3,(H,20,24). The number of hydrogen-bond acceptors (Lipinski definition) is 5. The lowest BCUT2D eigenvalue weighted by atomic mass is 9.95. The molecule has 1 atom stereocenters. The summed E-state index contributed by atoms with van der Waals surface area (Å²) >= 11 is 0. The molecule has 1 N–H and O–H groups in total. The topological polar surface area (TPSA) is 78.7 Å². The fraction of sp³-hybridized carbons (Fsp3) is 0.632. The molecule has 0 aromatic heterocycles. The van der Waals surface area contributed by atoms with Crippen molar-refractivity contribution in [3.8, 4) is 0 Å². The van der Waals surface area contributed by atoms with E-state index < -0.39 is 0 Å². The number of carbonyl (C=O) groups is 1. The van der Waals surface area contributed by atoms with Gasteiger partial charge in [0, 0.05) is 37.7 Å². The van der Waals surface area contributed by atoms with Gasteiger partial charge in [0.2, 0.25) is 5.91 Å². The molecule has 1 aromatic rings. The van der Waals surface area contributed by atoms with Crippen molar-refractivity contribution < 1.29 is 9.72 Å². The van der Waals surface area contributed by atoms with Crippen LogP contribution in [0.25, 0.3) is 0 Å². The first kappa shape index (κ1) is 20.2. The number of piperidine rings is 1. The molecular weight excluding hydrogens is 332 g/mol. The zero-order valence-corrected chi connectivity index (χ0v) is 16.1. The van der Waals surface area contributed by atoms with Crippen LogP contribution in [0.3, 0.4) is 0 Å². The van der Waals surface area contributed by atoms with Crippen molar-refractivity contribution in [2.24, 2.45) is 11.8 Å². The van der Waals surface area contributed by atoms with Crippen molar-refractivity contribution in [1.29, 1.82) is 0 Å². The second-order valence-corrected chi connectivity index (χ2v) is 7.53. The molecule has 1 heterocycles. The maximum atomic E-state index is 12.5. The zero-order chi connectivity index (χ0) is 19.3. The van der Waals surface area contributed by atoms with Crippen LogP contribution >= 0.6 is 0 Å². The van der Waals surface area contributed by atoms with E-state index in [1.165, 1.54) is 6.07 Å². The van der Waals surface area contributed by atoms with E-state index in [0.717, 1.165) is 0 Å². The van der Waals surface area contributed by atoms with Gasteiger partial charge in [-0.05, 0) is 38.9 Å². The summed E-state index contributed by atoms with van der Waals surface area (Å²) in [6.45, 7) is 6.27. The van der Waals surface area contributed by atoms with Gasteiger partial charge in [0.05, 0.1) is 4.92 Å². The molecule has 1 unspecified atom stereocenters. The van der Waals surface area contributed by atoms with E-state index in [4.69, 9.17) is 0 Å². The van der Waals surface area contributed by atoms with E-state index in [0.29, 0.717) is 50.1 Å². The molecule has 1 fully saturated rings. The Morgan fingerprint density at radius 1 is 1.31 bits per heavy atom. The van der Waals surface area contributed by atoms with Crippen molar-refractivity contribution in [3.05, 3.63) is 34.4 Å². The average molecular weight is 362 g/mol. The first-order valence-corrected chi connectivity index (χ1v) is 9.23. The van der Waals surface area contributed by atoms with Crippen molar-refractivity contribution in [1.82, 2.24) is 10.2 Å². The molecule has 26 heavy (non-hydrogen) atoms. The smallest absolute Gasteiger partial charge is 0.292 e. The largest absolute Gasteiger partial charge is 0.366 e. The molecule has 0 radical (unpaired) electrons. The molecule has 1 aromatic carbocycles. The zero-order valence-electron chi connectivity index (χ0n) is 16.1. The highest BCUT2D eigenvalue weighted by atomic mass is 16.6. The Morgan fingerprint density at radius 3 is 2.46 bits per heavy atom. The van der Waals surface area contributed by atoms with Gasteiger partial charge in [0.1, 0.15) is 5.69 Å². The Hall–Kier alpha value is -2.15. The number of para-hydroxylation sites is 2. The Morgan fingerprint density at radius 2 is 1.92 bits per heavy atom. The highest BCUT2D eigenvalue weighted by Gasteiger charge is 2.28. The average Bonchev–Trinajstić information content (AvgIpc) is 2.61. The van der Waals surface area contributed by atoms with Crippen LogP contribution < -0.4 is 10.2 Å². The molecule has 0 spiro atoms. The number of rotatable bonds is 7. The number of amides is 1. The minimum Gasteiger partial charge on any atom is -0.366 e. The van der Waals surface area contributed by atoms with Gasteiger partial charge in [-0.1, -0.05) is 26.0 Å². The summed E-state index contributed by atoms with van der Waals surface area (Å²) < 4.78 is 0. The molecule has 1 aliphatic heterocycles. The number of nitrogens with zero attached hydrogens (tertiary/aromatic N) is 3. The lowest BCUT2D eigenvalue weighted by molar-refractivity contribution is -0.384. The van der Waals surface area contributed by atoms with Crippen LogP contribution in [-0.4, -0.2) is 55.5 Å². The molecule has 1 aliphatic rings. The van der Waals surface area contributed by atoms with E-state index in [1.54, 1.807) is 12.1 Å². The van der Waals surface area contributed by atoms with Crippen LogP contribution in [0, 0.1) is 22.0 Å². The number of benzene rings is 1. The Bertz CT molecular complexity index is 617. The first-order chi connectivity index (χ1) is 12.3. The SMILES string of the molecule is CC(C)C(CNC(=O)C1CCN(c2ccccc2[N+](=O)[O-])CC1)N(C)C. The van der Waals surface area contributed by atoms with Gasteiger partial charge < -0.3 is 15.1 Å². The lowest BCUT2D eigenvalue weighted by Gasteiger charge is -2.33. The molecule has 7 heteroatoms. The molecule has 0 saturated carbocycles. The van der Waals surface area contributed by atoms with Crippen LogP contribution in [0.15, 0.2) is 24.3 Å². The predicted octanol–water partition coefficient (Wildman–Crippen LogP) is 2.51. The minimum atomic E-state index is -0.346. The second kappa shape index (κ2) is 8.98. The number of anilines is 1. The summed E-state index contributed by atoms with van der Waals surface area (Å²) in [4.78, 5) is 27.5. The summed E-state index contributed by atoms with van der Waals surface area (Å²) in [7, 11) is 4.06. The van der Waals surface area contributed by atoms with Gasteiger partial charge >= 0.3 is 0 Å². The van der Waals surface area contributed by atoms with Gasteiger partial charge in [-0.15, -0.1) is 0 Å². The fourth-order valence-corrected chi connectivity index (χ4v) is 3.63. The van der Waals surface area contributed by atoms with Crippen molar-refractivity contribution in [2.75, 3.05) is 38.6 Å². The van der Waals surface area contributed by atoms with Crippen LogP contribution in [0.2, 0.25) is 0 Å². The van der Waals surface area contributed by atoms with E-state index in [2.05, 4.69) is 24.1 Å². The molecule has 144 valence electrons. The third-order valence-corrected chi connectivity index (χ3v) is 5.20. The summed E-state index contributed by atoms with van der Waals surface area (Å²) in [6.07, 6.45) is 1.43. The van der Waals surface area contributed by atoms with Crippen LogP contribution in [-0.2, 0) is 4.79 Å². The van der Waals surface area contributed by atoms with Crippen LogP contribution in [0.1, 0.15) is 26.7 Å². The molecule has 0 aliphatic carbocycles. The minimum absolute atomic E-state index is 0.0241. The monoisotopic (exact) mass is 362 g/mol. The van der Waals surface area contributed by atoms with Gasteiger partial charge in [-0.2, -0.15) is 0 Å². The predicted molar refractivity (Wildman–Crippen MR) is 103 cm³/mol. The molecular formula is C19H30N4O3. The Kier molecular flexibility index (Phi) is 6.97. The summed E-state index contributed by atoms with van der Waals surface area (Å²) in [6, 6.07) is 7.11. The van der Waals surface area contributed by atoms with Crippen molar-refractivity contribution >= 4 is 17.3 Å². The molecule has 2 rings (SSSR count). The van der Waals surface area contributed by atoms with Crippen molar-refractivity contribution in [2.45, 2.75) is 32.7 Å². The Balaban J connectivity index is 1.90. The van der Waals surface area contributed by atoms with Gasteiger partial charge in [0.15, 0.2) is 0 Å². The quantitative estimate of drug-likeness (QED) is 0.596. The number of likely N-dealkylation sites (N-methyl/N-ethyl adjacent to an activating group) is 1. The molecule has 0 bridgehead atoms. The summed E-state index contributed by atoms with van der Waals surface area (Å²) in [5.41, 5.74) is 0.769. The maximum Gasteiger partial charge on any atom is 0.292 e. The highest BCUT2D eigenvalue weighted by Crippen LogP contribution is 2.31. The van der Waals surface area contributed by atoms with E-state index in [9.17, 15) is 14.9 Å². The van der Waals surface area contributed by atoms with E-state index >= 15 is 0 Å². The second-order valence-electron chi connectivity index (χ2n) is 7.53. The molecule has 1 saturated heterocycles. The number of nitro groups is 1. The van der Waals surface area contributed by atoms with E-state index in [-0.39, 0.29) is 22.4 Å². The maximum absolute atomic E-state index is 12.5. The van der Waals surface area contributed by atoms with Crippen LogP contribution in [0.4, 0.5) is 11.4 Å². The first-order valence-electron chi connectivity index (χ1n) is 9.23. The normalized spacial score (nSPS) is 16.8.